The third-order valence-electron chi connectivity index (χ3n) is 4.56. The van der Waals surface area contributed by atoms with Gasteiger partial charge in [0.1, 0.15) is 0 Å². The molecule has 23 heavy (non-hydrogen) atoms. The van der Waals surface area contributed by atoms with Gasteiger partial charge in [-0.1, -0.05) is 30.3 Å². The smallest absolute Gasteiger partial charge is 0.257 e. The van der Waals surface area contributed by atoms with Crippen molar-refractivity contribution in [3.8, 4) is 0 Å². The minimum absolute atomic E-state index is 0.0645. The monoisotopic (exact) mass is 312 g/mol. The van der Waals surface area contributed by atoms with E-state index in [1.807, 2.05) is 40.9 Å². The lowest BCUT2D eigenvalue weighted by Gasteiger charge is -2.34. The van der Waals surface area contributed by atoms with Crippen LogP contribution < -0.4 is 5.73 Å². The second-order valence-electron chi connectivity index (χ2n) is 6.42. The van der Waals surface area contributed by atoms with Crippen molar-refractivity contribution in [1.29, 1.82) is 0 Å². The van der Waals surface area contributed by atoms with Crippen molar-refractivity contribution in [2.24, 2.45) is 11.7 Å². The maximum Gasteiger partial charge on any atom is 0.257 e. The summed E-state index contributed by atoms with van der Waals surface area (Å²) >= 11 is 0. The molecule has 1 aliphatic rings. The SMILES string of the molecule is CC(N)C1CCCN(C(=O)c2cnn(Cc3ccccc3)c2)C1. The normalized spacial score (nSPS) is 19.6. The molecule has 2 unspecified atom stereocenters. The molecule has 5 heteroatoms. The van der Waals surface area contributed by atoms with E-state index in [4.69, 9.17) is 5.73 Å². The van der Waals surface area contributed by atoms with E-state index >= 15 is 0 Å². The maximum atomic E-state index is 12.7. The summed E-state index contributed by atoms with van der Waals surface area (Å²) in [5.74, 6) is 0.460. The lowest BCUT2D eigenvalue weighted by atomic mass is 9.92. The molecule has 3 rings (SSSR count). The Morgan fingerprint density at radius 1 is 1.39 bits per heavy atom. The number of nitrogens with zero attached hydrogens (tertiary/aromatic N) is 3. The van der Waals surface area contributed by atoms with Crippen molar-refractivity contribution < 1.29 is 4.79 Å². The van der Waals surface area contributed by atoms with E-state index in [9.17, 15) is 4.79 Å². The van der Waals surface area contributed by atoms with Crippen molar-refractivity contribution in [2.45, 2.75) is 32.4 Å². The van der Waals surface area contributed by atoms with Crippen molar-refractivity contribution in [3.63, 3.8) is 0 Å². The van der Waals surface area contributed by atoms with E-state index in [0.717, 1.165) is 25.9 Å². The van der Waals surface area contributed by atoms with Crippen LogP contribution in [0.15, 0.2) is 42.7 Å². The number of benzene rings is 1. The topological polar surface area (TPSA) is 64.2 Å². The van der Waals surface area contributed by atoms with Crippen LogP contribution in [0.3, 0.4) is 0 Å². The number of hydrogen-bond acceptors (Lipinski definition) is 3. The molecule has 2 atom stereocenters. The summed E-state index contributed by atoms with van der Waals surface area (Å²) in [4.78, 5) is 14.6. The summed E-state index contributed by atoms with van der Waals surface area (Å²) in [5, 5.41) is 4.33. The molecule has 0 aliphatic carbocycles. The van der Waals surface area contributed by atoms with Gasteiger partial charge in [-0.3, -0.25) is 9.48 Å². The van der Waals surface area contributed by atoms with Crippen LogP contribution in [0.2, 0.25) is 0 Å². The first-order valence-electron chi connectivity index (χ1n) is 8.24. The van der Waals surface area contributed by atoms with E-state index in [2.05, 4.69) is 17.2 Å². The Morgan fingerprint density at radius 2 is 2.17 bits per heavy atom. The van der Waals surface area contributed by atoms with Crippen molar-refractivity contribution in [3.05, 3.63) is 53.9 Å². The summed E-state index contributed by atoms with van der Waals surface area (Å²) in [6.45, 7) is 4.26. The highest BCUT2D eigenvalue weighted by Crippen LogP contribution is 2.20. The lowest BCUT2D eigenvalue weighted by Crippen LogP contribution is -2.45. The van der Waals surface area contributed by atoms with Gasteiger partial charge in [-0.25, -0.2) is 0 Å². The third kappa shape index (κ3) is 3.79. The molecule has 2 heterocycles. The molecular formula is C18H24N4O. The van der Waals surface area contributed by atoms with E-state index in [-0.39, 0.29) is 11.9 Å². The Bertz CT molecular complexity index is 650. The highest BCUT2D eigenvalue weighted by Gasteiger charge is 2.27. The van der Waals surface area contributed by atoms with Gasteiger partial charge in [0.25, 0.3) is 5.91 Å². The number of rotatable bonds is 4. The second kappa shape index (κ2) is 6.96. The van der Waals surface area contributed by atoms with Crippen LogP contribution in [0, 0.1) is 5.92 Å². The average molecular weight is 312 g/mol. The van der Waals surface area contributed by atoms with Gasteiger partial charge < -0.3 is 10.6 Å². The zero-order chi connectivity index (χ0) is 16.2. The van der Waals surface area contributed by atoms with Gasteiger partial charge in [0.05, 0.1) is 18.3 Å². The lowest BCUT2D eigenvalue weighted by molar-refractivity contribution is 0.0661. The molecule has 0 saturated carbocycles. The van der Waals surface area contributed by atoms with Crippen LogP contribution in [0.25, 0.3) is 0 Å². The molecule has 1 saturated heterocycles. The van der Waals surface area contributed by atoms with Crippen LogP contribution in [-0.4, -0.2) is 39.7 Å². The van der Waals surface area contributed by atoms with Crippen molar-refractivity contribution in [2.75, 3.05) is 13.1 Å². The van der Waals surface area contributed by atoms with E-state index in [1.165, 1.54) is 5.56 Å². The zero-order valence-electron chi connectivity index (χ0n) is 13.6. The fourth-order valence-electron chi connectivity index (χ4n) is 3.14. The number of piperidine rings is 1. The van der Waals surface area contributed by atoms with Crippen LogP contribution in [0.1, 0.15) is 35.7 Å². The molecule has 0 radical (unpaired) electrons. The number of carbonyl (C=O) groups excluding carboxylic acids is 1. The van der Waals surface area contributed by atoms with Crippen LogP contribution in [-0.2, 0) is 6.54 Å². The van der Waals surface area contributed by atoms with E-state index < -0.39 is 0 Å². The van der Waals surface area contributed by atoms with Crippen molar-refractivity contribution in [1.82, 2.24) is 14.7 Å². The Balaban J connectivity index is 1.66. The first-order chi connectivity index (χ1) is 11.1. The molecule has 0 bridgehead atoms. The first kappa shape index (κ1) is 15.7. The maximum absolute atomic E-state index is 12.7. The van der Waals surface area contributed by atoms with Gasteiger partial charge in [0, 0.05) is 25.3 Å². The van der Waals surface area contributed by atoms with E-state index in [1.54, 1.807) is 6.20 Å². The zero-order valence-corrected chi connectivity index (χ0v) is 13.6. The number of likely N-dealkylation sites (tertiary alicyclic amines) is 1. The van der Waals surface area contributed by atoms with E-state index in [0.29, 0.717) is 18.0 Å². The molecule has 2 aromatic rings. The fraction of sp³-hybridized carbons (Fsp3) is 0.444. The van der Waals surface area contributed by atoms with Gasteiger partial charge >= 0.3 is 0 Å². The molecule has 1 fully saturated rings. The predicted molar refractivity (Wildman–Crippen MR) is 90.0 cm³/mol. The molecule has 0 spiro atoms. The minimum atomic E-state index is 0.0645. The van der Waals surface area contributed by atoms with Crippen LogP contribution in [0.5, 0.6) is 0 Å². The molecule has 1 aromatic carbocycles. The Hall–Kier alpha value is -2.14. The summed E-state index contributed by atoms with van der Waals surface area (Å²) in [6, 6.07) is 10.3. The summed E-state index contributed by atoms with van der Waals surface area (Å²) in [5.41, 5.74) is 7.83. The van der Waals surface area contributed by atoms with Crippen LogP contribution >= 0.6 is 0 Å². The molecule has 1 aliphatic heterocycles. The van der Waals surface area contributed by atoms with Gasteiger partial charge in [-0.05, 0) is 31.2 Å². The number of carbonyl (C=O) groups is 1. The van der Waals surface area contributed by atoms with Crippen LogP contribution in [0.4, 0.5) is 0 Å². The largest absolute Gasteiger partial charge is 0.338 e. The minimum Gasteiger partial charge on any atom is -0.338 e. The second-order valence-corrected chi connectivity index (χ2v) is 6.42. The number of aromatic nitrogens is 2. The van der Waals surface area contributed by atoms with Gasteiger partial charge in [-0.15, -0.1) is 0 Å². The molecule has 5 nitrogen and oxygen atoms in total. The molecule has 1 amide bonds. The van der Waals surface area contributed by atoms with Gasteiger partial charge in [-0.2, -0.15) is 5.10 Å². The third-order valence-corrected chi connectivity index (χ3v) is 4.56. The van der Waals surface area contributed by atoms with Crippen molar-refractivity contribution >= 4 is 5.91 Å². The Labute approximate surface area is 137 Å². The van der Waals surface area contributed by atoms with Gasteiger partial charge in [0.2, 0.25) is 0 Å². The quantitative estimate of drug-likeness (QED) is 0.940. The van der Waals surface area contributed by atoms with Gasteiger partial charge in [0.15, 0.2) is 0 Å². The number of amides is 1. The number of hydrogen-bond donors (Lipinski definition) is 1. The molecule has 2 N–H and O–H groups in total. The Morgan fingerprint density at radius 3 is 2.91 bits per heavy atom. The highest BCUT2D eigenvalue weighted by molar-refractivity contribution is 5.93. The first-order valence-corrected chi connectivity index (χ1v) is 8.24. The summed E-state index contributed by atoms with van der Waals surface area (Å²) < 4.78 is 1.82. The molecular weight excluding hydrogens is 288 g/mol. The summed E-state index contributed by atoms with van der Waals surface area (Å²) in [6.07, 6.45) is 5.64. The predicted octanol–water partition coefficient (Wildman–Crippen LogP) is 2.13. The molecule has 122 valence electrons. The molecule has 1 aromatic heterocycles. The fourth-order valence-corrected chi connectivity index (χ4v) is 3.14. The standard InChI is InChI=1S/C18H24N4O/c1-14(19)16-8-5-9-21(12-16)18(23)17-10-20-22(13-17)11-15-6-3-2-4-7-15/h2-4,6-7,10,13-14,16H,5,8-9,11-12,19H2,1H3. The Kier molecular flexibility index (Phi) is 4.76. The average Bonchev–Trinajstić information content (AvgIpc) is 3.03. The number of nitrogens with two attached hydrogens (primary N) is 1. The summed E-state index contributed by atoms with van der Waals surface area (Å²) in [7, 11) is 0. The highest BCUT2D eigenvalue weighted by atomic mass is 16.2.